The molecule has 52 heavy (non-hydrogen) atoms. The molecule has 0 radical (unpaired) electrons. The topological polar surface area (TPSA) is 77.8 Å². The lowest BCUT2D eigenvalue weighted by Gasteiger charge is -2.14. The van der Waals surface area contributed by atoms with Crippen LogP contribution in [0.2, 0.25) is 0 Å². The van der Waals surface area contributed by atoms with E-state index < -0.39 is 0 Å². The molecule has 0 saturated heterocycles. The highest BCUT2D eigenvalue weighted by molar-refractivity contribution is 6.16. The third kappa shape index (κ3) is 4.38. The zero-order valence-corrected chi connectivity index (χ0v) is 27.6. The third-order valence-electron chi connectivity index (χ3n) is 9.94. The van der Waals surface area contributed by atoms with Crippen LogP contribution in [0.3, 0.4) is 0 Å². The third-order valence-corrected chi connectivity index (χ3v) is 9.94. The fraction of sp³-hybridized carbons (Fsp3) is 0. The second-order valence-electron chi connectivity index (χ2n) is 13.0. The summed E-state index contributed by atoms with van der Waals surface area (Å²) in [4.78, 5) is 20.5. The van der Waals surface area contributed by atoms with Crippen LogP contribution in [0.5, 0.6) is 0 Å². The van der Waals surface area contributed by atoms with Crippen molar-refractivity contribution in [3.63, 3.8) is 0 Å². The molecule has 0 aliphatic rings. The maximum absolute atomic E-state index is 6.39. The van der Waals surface area contributed by atoms with Crippen molar-refractivity contribution in [3.8, 4) is 45.3 Å². The van der Waals surface area contributed by atoms with Gasteiger partial charge in [0, 0.05) is 32.8 Å². The summed E-state index contributed by atoms with van der Waals surface area (Å²) < 4.78 is 12.6. The van der Waals surface area contributed by atoms with Crippen LogP contribution in [-0.2, 0) is 0 Å². The average molecular weight is 667 g/mol. The fourth-order valence-corrected chi connectivity index (χ4v) is 7.58. The zero-order chi connectivity index (χ0) is 34.2. The van der Waals surface area contributed by atoms with Gasteiger partial charge in [-0.1, -0.05) is 121 Å². The second-order valence-corrected chi connectivity index (χ2v) is 13.0. The fourth-order valence-electron chi connectivity index (χ4n) is 7.58. The highest BCUT2D eigenvalue weighted by Crippen LogP contribution is 2.42. The van der Waals surface area contributed by atoms with Crippen molar-refractivity contribution in [1.29, 1.82) is 0 Å². The number of furan rings is 2. The number of nitrogens with zero attached hydrogens (tertiary/aromatic N) is 4. The molecule has 0 fully saturated rings. The number of fused-ring (bicyclic) bond motifs is 8. The Balaban J connectivity index is 1.15. The van der Waals surface area contributed by atoms with E-state index in [0.717, 1.165) is 93.5 Å². The summed E-state index contributed by atoms with van der Waals surface area (Å²) in [5.74, 6) is 1.78. The second kappa shape index (κ2) is 11.2. The van der Waals surface area contributed by atoms with Gasteiger partial charge in [-0.05, 0) is 58.3 Å². The predicted octanol–water partition coefficient (Wildman–Crippen LogP) is 12.0. The summed E-state index contributed by atoms with van der Waals surface area (Å²) in [7, 11) is 0. The molecule has 4 aromatic heterocycles. The first-order chi connectivity index (χ1) is 25.8. The van der Waals surface area contributed by atoms with Gasteiger partial charge >= 0.3 is 0 Å². The van der Waals surface area contributed by atoms with Crippen molar-refractivity contribution in [2.24, 2.45) is 0 Å². The highest BCUT2D eigenvalue weighted by Gasteiger charge is 2.21. The first-order valence-corrected chi connectivity index (χ1v) is 17.2. The van der Waals surface area contributed by atoms with Crippen molar-refractivity contribution in [2.45, 2.75) is 0 Å². The molecule has 6 heteroatoms. The van der Waals surface area contributed by atoms with Gasteiger partial charge in [0.05, 0.1) is 10.9 Å². The molecule has 242 valence electrons. The van der Waals surface area contributed by atoms with Crippen molar-refractivity contribution in [3.05, 3.63) is 158 Å². The standard InChI is InChI=1S/C46H26N4O2/c1-2-12-27(13-3-1)44-48-45(50-46(49-44)35-19-11-22-38-41(35)34-17-7-9-21-37(34)51-38)33-25-24-31(29-15-5-6-16-30(29)33)32-18-10-23-39-42(32)43-40(52-39)26-28-14-4-8-20-36(28)47-43/h1-26H. The van der Waals surface area contributed by atoms with Gasteiger partial charge in [-0.15, -0.1) is 0 Å². The van der Waals surface area contributed by atoms with Crippen LogP contribution in [0.1, 0.15) is 0 Å². The molecule has 0 aliphatic carbocycles. The quantitative estimate of drug-likeness (QED) is 0.186. The number of pyridine rings is 1. The van der Waals surface area contributed by atoms with Gasteiger partial charge in [0.1, 0.15) is 22.3 Å². The molecule has 7 aromatic carbocycles. The molecule has 11 aromatic rings. The van der Waals surface area contributed by atoms with Gasteiger partial charge < -0.3 is 8.83 Å². The number of benzene rings is 7. The lowest BCUT2D eigenvalue weighted by atomic mass is 9.92. The van der Waals surface area contributed by atoms with Crippen molar-refractivity contribution < 1.29 is 8.83 Å². The molecular formula is C46H26N4O2. The number of para-hydroxylation sites is 2. The monoisotopic (exact) mass is 666 g/mol. The van der Waals surface area contributed by atoms with E-state index in [2.05, 4.69) is 66.7 Å². The largest absolute Gasteiger partial charge is 0.456 e. The minimum atomic E-state index is 0.585. The molecule has 0 bridgehead atoms. The zero-order valence-electron chi connectivity index (χ0n) is 27.6. The number of hydrogen-bond acceptors (Lipinski definition) is 6. The van der Waals surface area contributed by atoms with E-state index in [9.17, 15) is 0 Å². The Morgan fingerprint density at radius 3 is 1.79 bits per heavy atom. The summed E-state index contributed by atoms with van der Waals surface area (Å²) in [6.45, 7) is 0. The van der Waals surface area contributed by atoms with Crippen LogP contribution in [0.15, 0.2) is 167 Å². The van der Waals surface area contributed by atoms with Crippen molar-refractivity contribution >= 4 is 65.7 Å². The normalized spacial score (nSPS) is 11.8. The van der Waals surface area contributed by atoms with Crippen molar-refractivity contribution in [2.75, 3.05) is 0 Å². The molecule has 0 amide bonds. The van der Waals surface area contributed by atoms with Crippen LogP contribution in [0.25, 0.3) is 111 Å². The number of hydrogen-bond donors (Lipinski definition) is 0. The molecular weight excluding hydrogens is 641 g/mol. The Labute approximate surface area is 296 Å². The van der Waals surface area contributed by atoms with Crippen LogP contribution < -0.4 is 0 Å². The molecule has 11 rings (SSSR count). The molecule has 4 heterocycles. The summed E-state index contributed by atoms with van der Waals surface area (Å²) in [5.41, 5.74) is 9.84. The van der Waals surface area contributed by atoms with E-state index in [1.165, 1.54) is 0 Å². The summed E-state index contributed by atoms with van der Waals surface area (Å²) >= 11 is 0. The smallest absolute Gasteiger partial charge is 0.164 e. The lowest BCUT2D eigenvalue weighted by Crippen LogP contribution is -2.01. The van der Waals surface area contributed by atoms with E-state index in [0.29, 0.717) is 17.5 Å². The Morgan fingerprint density at radius 2 is 0.942 bits per heavy atom. The van der Waals surface area contributed by atoms with Crippen LogP contribution in [-0.4, -0.2) is 19.9 Å². The maximum Gasteiger partial charge on any atom is 0.164 e. The first kappa shape index (κ1) is 28.6. The molecule has 0 N–H and O–H groups in total. The maximum atomic E-state index is 6.39. The SMILES string of the molecule is c1ccc(-c2nc(-c3ccc(-c4cccc5oc6cc7ccccc7nc6c45)c4ccccc34)nc(-c3cccc4oc5ccccc5c34)n2)cc1. The molecule has 0 aliphatic heterocycles. The molecule has 6 nitrogen and oxygen atoms in total. The Hall–Kier alpha value is -7.18. The molecule has 0 saturated carbocycles. The summed E-state index contributed by atoms with van der Waals surface area (Å²) in [5, 5.41) is 6.16. The van der Waals surface area contributed by atoms with E-state index in [-0.39, 0.29) is 0 Å². The van der Waals surface area contributed by atoms with E-state index in [1.807, 2.05) is 91.0 Å². The number of aromatic nitrogens is 4. The van der Waals surface area contributed by atoms with Crippen LogP contribution >= 0.6 is 0 Å². The van der Waals surface area contributed by atoms with Gasteiger partial charge in [0.15, 0.2) is 23.1 Å². The molecule has 0 atom stereocenters. The highest BCUT2D eigenvalue weighted by atomic mass is 16.3. The molecule has 0 unspecified atom stereocenters. The average Bonchev–Trinajstić information content (AvgIpc) is 3.78. The van der Waals surface area contributed by atoms with Crippen molar-refractivity contribution in [1.82, 2.24) is 19.9 Å². The summed E-state index contributed by atoms with van der Waals surface area (Å²) in [6.07, 6.45) is 0. The Morgan fingerprint density at radius 1 is 0.346 bits per heavy atom. The van der Waals surface area contributed by atoms with Gasteiger partial charge in [0.2, 0.25) is 0 Å². The van der Waals surface area contributed by atoms with Crippen LogP contribution in [0, 0.1) is 0 Å². The predicted molar refractivity (Wildman–Crippen MR) is 209 cm³/mol. The van der Waals surface area contributed by atoms with E-state index >= 15 is 0 Å². The minimum Gasteiger partial charge on any atom is -0.456 e. The lowest BCUT2D eigenvalue weighted by molar-refractivity contribution is 0.668. The van der Waals surface area contributed by atoms with Crippen LogP contribution in [0.4, 0.5) is 0 Å². The van der Waals surface area contributed by atoms with Gasteiger partial charge in [0.25, 0.3) is 0 Å². The minimum absolute atomic E-state index is 0.585. The summed E-state index contributed by atoms with van der Waals surface area (Å²) in [6, 6.07) is 53.4. The van der Waals surface area contributed by atoms with Gasteiger partial charge in [-0.25, -0.2) is 19.9 Å². The van der Waals surface area contributed by atoms with E-state index in [4.69, 9.17) is 28.8 Å². The first-order valence-electron chi connectivity index (χ1n) is 17.2. The van der Waals surface area contributed by atoms with E-state index in [1.54, 1.807) is 0 Å². The molecule has 0 spiro atoms. The Kier molecular flexibility index (Phi) is 6.15. The van der Waals surface area contributed by atoms with Gasteiger partial charge in [-0.3, -0.25) is 0 Å². The Bertz CT molecular complexity index is 3200. The van der Waals surface area contributed by atoms with Gasteiger partial charge in [-0.2, -0.15) is 0 Å². The number of rotatable bonds is 4.